The van der Waals surface area contributed by atoms with E-state index >= 15 is 0 Å². The fraction of sp³-hybridized carbons (Fsp3) is 0.500. The molecule has 0 radical (unpaired) electrons. The third-order valence-electron chi connectivity index (χ3n) is 3.26. The lowest BCUT2D eigenvalue weighted by atomic mass is 10.4. The Hall–Kier alpha value is -0.783. The van der Waals surface area contributed by atoms with Gasteiger partial charge in [-0.3, -0.25) is 4.79 Å². The van der Waals surface area contributed by atoms with Crippen LogP contribution >= 0.6 is 11.8 Å². The van der Waals surface area contributed by atoms with Crippen LogP contribution in [0.2, 0.25) is 19.1 Å². The van der Waals surface area contributed by atoms with Crippen LogP contribution in [0.3, 0.4) is 0 Å². The largest absolute Gasteiger partial charge is 0.480 e. The van der Waals surface area contributed by atoms with Gasteiger partial charge in [-0.2, -0.15) is 11.8 Å². The Morgan fingerprint density at radius 2 is 2.00 bits per heavy atom. The molecular weight excluding hydrogens is 274 g/mol. The van der Waals surface area contributed by atoms with Crippen LogP contribution in [0.4, 0.5) is 0 Å². The summed E-state index contributed by atoms with van der Waals surface area (Å²) in [5.74, 6) is 0.582. The van der Waals surface area contributed by atoms with E-state index in [1.54, 1.807) is 11.8 Å². The van der Waals surface area contributed by atoms with Gasteiger partial charge in [-0.1, -0.05) is 54.7 Å². The zero-order valence-electron chi connectivity index (χ0n) is 11.6. The van der Waals surface area contributed by atoms with Crippen LogP contribution < -0.4 is 10.9 Å². The van der Waals surface area contributed by atoms with E-state index in [4.69, 9.17) is 10.8 Å². The third kappa shape index (κ3) is 5.80. The highest BCUT2D eigenvalue weighted by atomic mass is 32.2. The normalized spacial score (nSPS) is 13.2. The number of hydrogen-bond donors (Lipinski definition) is 2. The SMILES string of the molecule is C[Si](C)(CCCSC[C@H](N)C(=O)O)c1ccccc1. The molecule has 0 heterocycles. The first-order valence-electron chi connectivity index (χ1n) is 6.55. The molecule has 0 saturated carbocycles. The maximum atomic E-state index is 10.6. The molecule has 19 heavy (non-hydrogen) atoms. The van der Waals surface area contributed by atoms with Gasteiger partial charge in [0.2, 0.25) is 0 Å². The van der Waals surface area contributed by atoms with Crippen LogP contribution in [0.5, 0.6) is 0 Å². The number of hydrogen-bond acceptors (Lipinski definition) is 3. The molecule has 1 atom stereocenters. The minimum atomic E-state index is -1.34. The van der Waals surface area contributed by atoms with E-state index < -0.39 is 20.1 Å². The Bertz CT molecular complexity index is 398. The van der Waals surface area contributed by atoms with Crippen molar-refractivity contribution < 1.29 is 9.90 Å². The van der Waals surface area contributed by atoms with Gasteiger partial charge < -0.3 is 10.8 Å². The summed E-state index contributed by atoms with van der Waals surface area (Å²) in [5, 5.41) is 10.2. The van der Waals surface area contributed by atoms with Crippen molar-refractivity contribution in [2.45, 2.75) is 31.6 Å². The van der Waals surface area contributed by atoms with Crippen LogP contribution in [-0.2, 0) is 4.79 Å². The van der Waals surface area contributed by atoms with Crippen molar-refractivity contribution in [1.29, 1.82) is 0 Å². The average Bonchev–Trinajstić information content (AvgIpc) is 2.39. The molecule has 0 aliphatic rings. The lowest BCUT2D eigenvalue weighted by molar-refractivity contribution is -0.137. The number of aliphatic carboxylic acids is 1. The predicted octanol–water partition coefficient (Wildman–Crippen LogP) is 2.14. The van der Waals surface area contributed by atoms with E-state index in [0.717, 1.165) is 12.2 Å². The molecule has 0 aromatic heterocycles. The second-order valence-electron chi connectivity index (χ2n) is 5.37. The van der Waals surface area contributed by atoms with Gasteiger partial charge in [0.05, 0.1) is 8.07 Å². The van der Waals surface area contributed by atoms with Gasteiger partial charge in [0.1, 0.15) is 6.04 Å². The van der Waals surface area contributed by atoms with Gasteiger partial charge in [-0.15, -0.1) is 0 Å². The lowest BCUT2D eigenvalue weighted by Gasteiger charge is -2.22. The predicted molar refractivity (Wildman–Crippen MR) is 85.9 cm³/mol. The highest BCUT2D eigenvalue weighted by molar-refractivity contribution is 7.99. The molecule has 3 nitrogen and oxygen atoms in total. The smallest absolute Gasteiger partial charge is 0.321 e. The molecule has 0 spiro atoms. The van der Waals surface area contributed by atoms with Crippen molar-refractivity contribution in [2.75, 3.05) is 11.5 Å². The molecule has 1 aromatic carbocycles. The van der Waals surface area contributed by atoms with Gasteiger partial charge in [0.25, 0.3) is 0 Å². The number of carboxylic acids is 1. The minimum Gasteiger partial charge on any atom is -0.480 e. The Morgan fingerprint density at radius 1 is 1.37 bits per heavy atom. The Labute approximate surface area is 120 Å². The topological polar surface area (TPSA) is 63.3 Å². The monoisotopic (exact) mass is 297 g/mol. The van der Waals surface area contributed by atoms with Gasteiger partial charge >= 0.3 is 5.97 Å². The Morgan fingerprint density at radius 3 is 2.58 bits per heavy atom. The maximum absolute atomic E-state index is 10.6. The summed E-state index contributed by atoms with van der Waals surface area (Å²) in [4.78, 5) is 10.6. The van der Waals surface area contributed by atoms with E-state index in [1.807, 2.05) is 0 Å². The molecule has 0 fully saturated rings. The first-order valence-corrected chi connectivity index (χ1v) is 10.9. The molecule has 0 saturated heterocycles. The molecule has 1 aromatic rings. The molecule has 0 aliphatic carbocycles. The quantitative estimate of drug-likeness (QED) is 0.570. The van der Waals surface area contributed by atoms with Gasteiger partial charge in [-0.25, -0.2) is 0 Å². The van der Waals surface area contributed by atoms with E-state index in [-0.39, 0.29) is 0 Å². The van der Waals surface area contributed by atoms with Gasteiger partial charge in [0.15, 0.2) is 0 Å². The van der Waals surface area contributed by atoms with Gasteiger partial charge in [0, 0.05) is 5.75 Å². The summed E-state index contributed by atoms with van der Waals surface area (Å²) < 4.78 is 0. The average molecular weight is 297 g/mol. The van der Waals surface area contributed by atoms with Crippen molar-refractivity contribution >= 4 is 31.0 Å². The lowest BCUT2D eigenvalue weighted by Crippen LogP contribution is -2.41. The zero-order chi connectivity index (χ0) is 14.3. The second kappa shape index (κ2) is 7.72. The van der Waals surface area contributed by atoms with Crippen molar-refractivity contribution in [2.24, 2.45) is 5.73 Å². The minimum absolute atomic E-state index is 0.503. The van der Waals surface area contributed by atoms with E-state index in [1.165, 1.54) is 11.2 Å². The fourth-order valence-corrected chi connectivity index (χ4v) is 5.54. The molecule has 0 unspecified atom stereocenters. The van der Waals surface area contributed by atoms with Crippen molar-refractivity contribution in [3.8, 4) is 0 Å². The number of benzene rings is 1. The summed E-state index contributed by atoms with van der Waals surface area (Å²) in [6.07, 6.45) is 1.13. The number of carboxylic acid groups (broad SMARTS) is 1. The number of thioether (sulfide) groups is 1. The van der Waals surface area contributed by atoms with E-state index in [0.29, 0.717) is 5.75 Å². The first-order chi connectivity index (χ1) is 8.93. The number of nitrogens with two attached hydrogens (primary N) is 1. The highest BCUT2D eigenvalue weighted by Crippen LogP contribution is 2.15. The molecule has 1 rings (SSSR count). The van der Waals surface area contributed by atoms with Crippen LogP contribution in [0.25, 0.3) is 0 Å². The standard InChI is InChI=1S/C14H23NO2SSi/c1-19(2,12-7-4-3-5-8-12)10-6-9-18-11-13(15)14(16)17/h3-5,7-8,13H,6,9-11,15H2,1-2H3,(H,16,17)/t13-/m0/s1. The number of rotatable bonds is 8. The summed E-state index contributed by atoms with van der Waals surface area (Å²) >= 11 is 1.64. The summed E-state index contributed by atoms with van der Waals surface area (Å²) in [6, 6.07) is 11.2. The molecule has 3 N–H and O–H groups in total. The van der Waals surface area contributed by atoms with Crippen molar-refractivity contribution in [3.63, 3.8) is 0 Å². The van der Waals surface area contributed by atoms with Crippen LogP contribution in [-0.4, -0.2) is 36.7 Å². The van der Waals surface area contributed by atoms with Crippen LogP contribution in [0, 0.1) is 0 Å². The summed E-state index contributed by atoms with van der Waals surface area (Å²) in [7, 11) is -1.34. The van der Waals surface area contributed by atoms with E-state index in [2.05, 4.69) is 43.4 Å². The molecule has 0 aliphatic heterocycles. The molecule has 0 bridgehead atoms. The van der Waals surface area contributed by atoms with Gasteiger partial charge in [-0.05, 0) is 12.2 Å². The zero-order valence-corrected chi connectivity index (χ0v) is 13.5. The molecule has 0 amide bonds. The third-order valence-corrected chi connectivity index (χ3v) is 7.93. The first kappa shape index (κ1) is 16.3. The molecular formula is C14H23NO2SSi. The molecule has 5 heteroatoms. The van der Waals surface area contributed by atoms with Crippen molar-refractivity contribution in [3.05, 3.63) is 30.3 Å². The fourth-order valence-electron chi connectivity index (χ4n) is 1.93. The molecule has 106 valence electrons. The Kier molecular flexibility index (Phi) is 6.61. The van der Waals surface area contributed by atoms with Crippen LogP contribution in [0.15, 0.2) is 30.3 Å². The van der Waals surface area contributed by atoms with E-state index in [9.17, 15) is 4.79 Å². The van der Waals surface area contributed by atoms with Crippen LogP contribution in [0.1, 0.15) is 6.42 Å². The highest BCUT2D eigenvalue weighted by Gasteiger charge is 2.22. The Balaban J connectivity index is 2.27. The van der Waals surface area contributed by atoms with Crippen molar-refractivity contribution in [1.82, 2.24) is 0 Å². The maximum Gasteiger partial charge on any atom is 0.321 e. The number of carbonyl (C=O) groups is 1. The second-order valence-corrected chi connectivity index (χ2v) is 11.4. The summed E-state index contributed by atoms with van der Waals surface area (Å²) in [6.45, 7) is 4.77. The summed E-state index contributed by atoms with van der Waals surface area (Å²) in [5.41, 5.74) is 5.46.